The maximum atomic E-state index is 10.3. The van der Waals surface area contributed by atoms with Gasteiger partial charge in [-0.05, 0) is 23.6 Å². The van der Waals surface area contributed by atoms with Crippen molar-refractivity contribution in [2.75, 3.05) is 0 Å². The quantitative estimate of drug-likeness (QED) is 0.684. The van der Waals surface area contributed by atoms with Crippen molar-refractivity contribution >= 4 is 0 Å². The topological polar surface area (TPSA) is 90.2 Å². The minimum Gasteiger partial charge on any atom is -0.508 e. The molecule has 0 aliphatic carbocycles. The summed E-state index contributed by atoms with van der Waals surface area (Å²) in [6, 6.07) is 7.82. The van der Waals surface area contributed by atoms with E-state index < -0.39 is 12.2 Å². The van der Waals surface area contributed by atoms with Gasteiger partial charge in [-0.1, -0.05) is 19.1 Å². The smallest absolute Gasteiger partial charge is 0.150 e. The van der Waals surface area contributed by atoms with Crippen LogP contribution in [0.1, 0.15) is 29.7 Å². The molecule has 22 heavy (non-hydrogen) atoms. The zero-order chi connectivity index (χ0) is 15.9. The molecule has 0 saturated carbocycles. The van der Waals surface area contributed by atoms with Crippen LogP contribution in [0.25, 0.3) is 0 Å². The maximum Gasteiger partial charge on any atom is 0.150 e. The molecule has 0 bridgehead atoms. The Labute approximate surface area is 128 Å². The average molecular weight is 302 g/mol. The van der Waals surface area contributed by atoms with E-state index in [0.717, 1.165) is 5.56 Å². The highest BCUT2D eigenvalue weighted by Gasteiger charge is 2.32. The molecule has 2 aromatic carbocycles. The Balaban J connectivity index is 1.97. The van der Waals surface area contributed by atoms with E-state index in [2.05, 4.69) is 0 Å². The van der Waals surface area contributed by atoms with E-state index in [-0.39, 0.29) is 23.7 Å². The van der Waals surface area contributed by atoms with Crippen LogP contribution in [0.3, 0.4) is 0 Å². The Bertz CT molecular complexity index is 710. The van der Waals surface area contributed by atoms with Gasteiger partial charge in [-0.15, -0.1) is 0 Å². The van der Waals surface area contributed by atoms with Crippen LogP contribution in [0.4, 0.5) is 0 Å². The van der Waals surface area contributed by atoms with Crippen molar-refractivity contribution in [3.8, 4) is 23.0 Å². The first-order valence-electron chi connectivity index (χ1n) is 7.21. The number of aryl methyl sites for hydroxylation is 1. The van der Waals surface area contributed by atoms with E-state index in [1.54, 1.807) is 18.2 Å². The fraction of sp³-hybridized carbons (Fsp3) is 0.294. The molecule has 0 aromatic heterocycles. The number of hydrogen-bond donors (Lipinski definition) is 4. The van der Waals surface area contributed by atoms with Crippen molar-refractivity contribution in [2.45, 2.75) is 32.0 Å². The molecule has 4 N–H and O–H groups in total. The molecule has 0 spiro atoms. The molecule has 3 rings (SSSR count). The van der Waals surface area contributed by atoms with Crippen LogP contribution in [-0.2, 0) is 12.8 Å². The summed E-state index contributed by atoms with van der Waals surface area (Å²) in [6.45, 7) is 1.95. The number of fused-ring (bicyclic) bond motifs is 1. The van der Waals surface area contributed by atoms with Gasteiger partial charge in [0, 0.05) is 24.1 Å². The predicted molar refractivity (Wildman–Crippen MR) is 80.3 cm³/mol. The summed E-state index contributed by atoms with van der Waals surface area (Å²) >= 11 is 0. The summed E-state index contributed by atoms with van der Waals surface area (Å²) in [5.41, 5.74) is 1.94. The number of phenols is 3. The highest BCUT2D eigenvalue weighted by Crippen LogP contribution is 2.42. The number of aliphatic hydroxyl groups is 1. The molecule has 0 amide bonds. The van der Waals surface area contributed by atoms with Crippen molar-refractivity contribution in [1.29, 1.82) is 0 Å². The van der Waals surface area contributed by atoms with Crippen molar-refractivity contribution < 1.29 is 25.2 Å². The van der Waals surface area contributed by atoms with Crippen molar-refractivity contribution in [1.82, 2.24) is 0 Å². The third kappa shape index (κ3) is 2.44. The molecule has 2 aromatic rings. The third-order valence-corrected chi connectivity index (χ3v) is 4.01. The highest BCUT2D eigenvalue weighted by atomic mass is 16.5. The molecular formula is C17H18O5. The monoisotopic (exact) mass is 302 g/mol. The van der Waals surface area contributed by atoms with Crippen LogP contribution in [0.15, 0.2) is 30.3 Å². The Hall–Kier alpha value is -2.40. The minimum absolute atomic E-state index is 0.100. The number of aliphatic hydroxyl groups excluding tert-OH is 1. The first-order valence-corrected chi connectivity index (χ1v) is 7.21. The fourth-order valence-electron chi connectivity index (χ4n) is 2.81. The van der Waals surface area contributed by atoms with Crippen LogP contribution >= 0.6 is 0 Å². The first-order chi connectivity index (χ1) is 10.5. The third-order valence-electron chi connectivity index (χ3n) is 4.01. The Morgan fingerprint density at radius 2 is 1.86 bits per heavy atom. The lowest BCUT2D eigenvalue weighted by molar-refractivity contribution is 0.0197. The fourth-order valence-corrected chi connectivity index (χ4v) is 2.81. The van der Waals surface area contributed by atoms with Crippen molar-refractivity contribution in [3.05, 3.63) is 47.0 Å². The molecule has 0 radical (unpaired) electrons. The van der Waals surface area contributed by atoms with Gasteiger partial charge in [0.2, 0.25) is 0 Å². The van der Waals surface area contributed by atoms with Crippen LogP contribution in [0.2, 0.25) is 0 Å². The van der Waals surface area contributed by atoms with Gasteiger partial charge < -0.3 is 25.2 Å². The second-order valence-electron chi connectivity index (χ2n) is 5.49. The van der Waals surface area contributed by atoms with Gasteiger partial charge in [0.15, 0.2) is 0 Å². The number of rotatable bonds is 2. The lowest BCUT2D eigenvalue weighted by atomic mass is 9.93. The first kappa shape index (κ1) is 14.5. The molecule has 0 saturated heterocycles. The second kappa shape index (κ2) is 5.42. The number of ether oxygens (including phenoxy) is 1. The van der Waals surface area contributed by atoms with Crippen molar-refractivity contribution in [2.24, 2.45) is 0 Å². The average Bonchev–Trinajstić information content (AvgIpc) is 2.47. The van der Waals surface area contributed by atoms with Crippen molar-refractivity contribution in [3.63, 3.8) is 0 Å². The molecule has 1 aliphatic rings. The number of aromatic hydroxyl groups is 3. The summed E-state index contributed by atoms with van der Waals surface area (Å²) in [7, 11) is 0. The summed E-state index contributed by atoms with van der Waals surface area (Å²) < 4.78 is 5.74. The van der Waals surface area contributed by atoms with Gasteiger partial charge in [0.25, 0.3) is 0 Å². The van der Waals surface area contributed by atoms with E-state index >= 15 is 0 Å². The molecule has 1 heterocycles. The SMILES string of the molecule is CCc1ccc(C2Oc3cc(O)cc(O)c3CC2O)cc1O. The van der Waals surface area contributed by atoms with Crippen LogP contribution in [-0.4, -0.2) is 26.5 Å². The summed E-state index contributed by atoms with van der Waals surface area (Å²) in [4.78, 5) is 0. The largest absolute Gasteiger partial charge is 0.508 e. The van der Waals surface area contributed by atoms with E-state index in [4.69, 9.17) is 4.74 Å². The van der Waals surface area contributed by atoms with Crippen LogP contribution in [0, 0.1) is 0 Å². The van der Waals surface area contributed by atoms with E-state index in [0.29, 0.717) is 23.3 Å². The highest BCUT2D eigenvalue weighted by molar-refractivity contribution is 5.51. The zero-order valence-electron chi connectivity index (χ0n) is 12.2. The molecular weight excluding hydrogens is 284 g/mol. The number of benzene rings is 2. The molecule has 5 heteroatoms. The summed E-state index contributed by atoms with van der Waals surface area (Å²) in [6.07, 6.45) is -0.590. The molecule has 116 valence electrons. The molecule has 2 atom stereocenters. The molecule has 5 nitrogen and oxygen atoms in total. The normalized spacial score (nSPS) is 20.3. The van der Waals surface area contributed by atoms with Gasteiger partial charge in [0.1, 0.15) is 29.1 Å². The second-order valence-corrected chi connectivity index (χ2v) is 5.49. The Morgan fingerprint density at radius 3 is 2.55 bits per heavy atom. The van der Waals surface area contributed by atoms with E-state index in [1.165, 1.54) is 12.1 Å². The lowest BCUT2D eigenvalue weighted by Crippen LogP contribution is -2.30. The van der Waals surface area contributed by atoms with Gasteiger partial charge >= 0.3 is 0 Å². The van der Waals surface area contributed by atoms with Gasteiger partial charge in [-0.2, -0.15) is 0 Å². The predicted octanol–water partition coefficient (Wildman–Crippen LogP) is 2.40. The molecule has 2 unspecified atom stereocenters. The van der Waals surface area contributed by atoms with E-state index in [1.807, 2.05) is 6.92 Å². The van der Waals surface area contributed by atoms with Crippen LogP contribution in [0.5, 0.6) is 23.0 Å². The summed E-state index contributed by atoms with van der Waals surface area (Å²) in [5.74, 6) is 0.305. The molecule has 1 aliphatic heterocycles. The minimum atomic E-state index is -0.852. The Kier molecular flexibility index (Phi) is 3.58. The Morgan fingerprint density at radius 1 is 1.09 bits per heavy atom. The van der Waals surface area contributed by atoms with Gasteiger partial charge in [0.05, 0.1) is 6.10 Å². The zero-order valence-corrected chi connectivity index (χ0v) is 12.2. The summed E-state index contributed by atoms with van der Waals surface area (Å²) in [5, 5.41) is 39.7. The van der Waals surface area contributed by atoms with Gasteiger partial charge in [-0.25, -0.2) is 0 Å². The molecule has 0 fully saturated rings. The number of phenolic OH excluding ortho intramolecular Hbond substituents is 3. The number of hydrogen-bond acceptors (Lipinski definition) is 5. The van der Waals surface area contributed by atoms with E-state index in [9.17, 15) is 20.4 Å². The van der Waals surface area contributed by atoms with Crippen LogP contribution < -0.4 is 4.74 Å². The van der Waals surface area contributed by atoms with Gasteiger partial charge in [-0.3, -0.25) is 0 Å². The maximum absolute atomic E-state index is 10.3. The standard InChI is InChI=1S/C17H18O5/c1-2-9-3-4-10(5-13(9)19)17-15(21)8-12-14(20)6-11(18)7-16(12)22-17/h3-7,15,17-21H,2,8H2,1H3. The lowest BCUT2D eigenvalue weighted by Gasteiger charge is -2.31.